The summed E-state index contributed by atoms with van der Waals surface area (Å²) in [6, 6.07) is 0. The van der Waals surface area contributed by atoms with E-state index in [1.165, 1.54) is 109 Å². The van der Waals surface area contributed by atoms with Crippen LogP contribution in [0, 0.1) is 0 Å². The predicted molar refractivity (Wildman–Crippen MR) is 225 cm³/mol. The zero-order valence-corrected chi connectivity index (χ0v) is 38.3. The molecule has 0 amide bonds. The van der Waals surface area contributed by atoms with Gasteiger partial charge >= 0.3 is 19.8 Å². The predicted octanol–water partition coefficient (Wildman–Crippen LogP) is 9.85. The molecule has 0 saturated heterocycles. The maximum atomic E-state index is 13.3. The van der Waals surface area contributed by atoms with E-state index in [0.29, 0.717) is 17.4 Å². The molecule has 0 bridgehead atoms. The molecule has 9 nitrogen and oxygen atoms in total. The molecule has 0 aromatic heterocycles. The number of halogens is 1. The lowest BCUT2D eigenvalue weighted by Crippen LogP contribution is -3.00. The second kappa shape index (κ2) is 39.8. The highest BCUT2D eigenvalue weighted by atomic mass is 35.5. The Bertz CT molecular complexity index is 945. The molecular weight excluding hydrogens is 737 g/mol. The summed E-state index contributed by atoms with van der Waals surface area (Å²) in [6.45, 7) is 6.71. The van der Waals surface area contributed by atoms with Crippen LogP contribution in [-0.2, 0) is 37.2 Å². The lowest BCUT2D eigenvalue weighted by Gasteiger charge is -2.25. The number of hydrogen-bond acceptors (Lipinski definition) is 8. The molecule has 0 spiro atoms. The van der Waals surface area contributed by atoms with Crippen LogP contribution >= 0.6 is 7.82 Å². The van der Waals surface area contributed by atoms with E-state index in [-0.39, 0.29) is 57.2 Å². The van der Waals surface area contributed by atoms with Gasteiger partial charge in [-0.2, -0.15) is 0 Å². The first-order valence-corrected chi connectivity index (χ1v) is 23.9. The van der Waals surface area contributed by atoms with Crippen LogP contribution in [0.15, 0.2) is 12.2 Å². The SMILES string of the molecule is CCCCCCCCC=CCCCCCCCC(=O)OC(COC(=O)CCCCCCCCCCCCCCC)COP(=O)(OCC)OCC[N+](C)(C)C.[Cl-]. The van der Waals surface area contributed by atoms with Gasteiger partial charge in [0.05, 0.1) is 34.4 Å². The van der Waals surface area contributed by atoms with E-state index in [1.54, 1.807) is 6.92 Å². The smallest absolute Gasteiger partial charge is 0.475 e. The Morgan fingerprint density at radius 3 is 1.40 bits per heavy atom. The van der Waals surface area contributed by atoms with Crippen LogP contribution < -0.4 is 12.4 Å². The Labute approximate surface area is 345 Å². The summed E-state index contributed by atoms with van der Waals surface area (Å²) in [7, 11) is 2.13. The second-order valence-electron chi connectivity index (χ2n) is 16.1. The van der Waals surface area contributed by atoms with Gasteiger partial charge in [-0.15, -0.1) is 0 Å². The van der Waals surface area contributed by atoms with Gasteiger partial charge in [-0.3, -0.25) is 23.2 Å². The van der Waals surface area contributed by atoms with E-state index in [0.717, 1.165) is 57.8 Å². The zero-order chi connectivity index (χ0) is 40.0. The summed E-state index contributed by atoms with van der Waals surface area (Å²) in [5.74, 6) is -0.713. The summed E-state index contributed by atoms with van der Waals surface area (Å²) >= 11 is 0. The molecule has 0 N–H and O–H groups in total. The van der Waals surface area contributed by atoms with Crippen molar-refractivity contribution >= 4 is 19.8 Å². The summed E-state index contributed by atoms with van der Waals surface area (Å²) in [5.41, 5.74) is 0. The van der Waals surface area contributed by atoms with Crippen molar-refractivity contribution in [2.45, 2.75) is 207 Å². The van der Waals surface area contributed by atoms with E-state index in [2.05, 4.69) is 26.0 Å². The number of phosphoric ester groups is 1. The number of ether oxygens (including phenoxy) is 2. The van der Waals surface area contributed by atoms with Crippen LogP contribution in [0.3, 0.4) is 0 Å². The molecule has 0 rings (SSSR count). The van der Waals surface area contributed by atoms with Crippen molar-refractivity contribution in [2.24, 2.45) is 0 Å². The fourth-order valence-corrected chi connectivity index (χ4v) is 7.31. The highest BCUT2D eigenvalue weighted by Crippen LogP contribution is 2.49. The maximum absolute atomic E-state index is 13.3. The molecule has 0 heterocycles. The molecule has 0 fully saturated rings. The molecule has 0 aromatic carbocycles. The average Bonchev–Trinajstić information content (AvgIpc) is 3.12. The number of carbonyl (C=O) groups is 2. The van der Waals surface area contributed by atoms with Gasteiger partial charge in [0.2, 0.25) is 0 Å². The minimum atomic E-state index is -3.89. The van der Waals surface area contributed by atoms with Crippen molar-refractivity contribution < 1.29 is 54.1 Å². The van der Waals surface area contributed by atoms with E-state index >= 15 is 0 Å². The third kappa shape index (κ3) is 41.0. The van der Waals surface area contributed by atoms with Crippen LogP contribution in [0.5, 0.6) is 0 Å². The topological polar surface area (TPSA) is 97.4 Å². The second-order valence-corrected chi connectivity index (χ2v) is 17.8. The molecule has 0 saturated carbocycles. The van der Waals surface area contributed by atoms with Crippen LogP contribution in [0.2, 0.25) is 0 Å². The van der Waals surface area contributed by atoms with E-state index in [4.69, 9.17) is 23.0 Å². The summed E-state index contributed by atoms with van der Waals surface area (Å²) in [5, 5.41) is 0. The molecule has 2 unspecified atom stereocenters. The van der Waals surface area contributed by atoms with Crippen LogP contribution in [-0.4, -0.2) is 76.6 Å². The third-order valence-corrected chi connectivity index (χ3v) is 11.1. The molecule has 0 aliphatic rings. The molecule has 11 heteroatoms. The first-order valence-electron chi connectivity index (χ1n) is 22.4. The first kappa shape index (κ1) is 56.1. The van der Waals surface area contributed by atoms with Gasteiger partial charge in [-0.25, -0.2) is 4.57 Å². The van der Waals surface area contributed by atoms with Crippen LogP contribution in [0.4, 0.5) is 0 Å². The Balaban J connectivity index is 0. The van der Waals surface area contributed by atoms with Gasteiger partial charge in [-0.1, -0.05) is 154 Å². The zero-order valence-electron chi connectivity index (χ0n) is 36.6. The van der Waals surface area contributed by atoms with Crippen molar-refractivity contribution in [1.82, 2.24) is 0 Å². The summed E-state index contributed by atoms with van der Waals surface area (Å²) in [6.07, 6.45) is 35.8. The maximum Gasteiger partial charge on any atom is 0.475 e. The number of hydrogen-bond donors (Lipinski definition) is 0. The number of quaternary nitrogens is 1. The Morgan fingerprint density at radius 2 is 0.964 bits per heavy atom. The van der Waals surface area contributed by atoms with Crippen LogP contribution in [0.25, 0.3) is 0 Å². The number of nitrogens with zero attached hydrogens (tertiary/aromatic N) is 1. The summed E-state index contributed by atoms with van der Waals surface area (Å²) < 4.78 is 41.7. The lowest BCUT2D eigenvalue weighted by atomic mass is 10.0. The fourth-order valence-electron chi connectivity index (χ4n) is 6.12. The summed E-state index contributed by atoms with van der Waals surface area (Å²) in [4.78, 5) is 25.4. The normalized spacial score (nSPS) is 13.4. The quantitative estimate of drug-likeness (QED) is 0.0198. The lowest BCUT2D eigenvalue weighted by molar-refractivity contribution is -0.870. The minimum absolute atomic E-state index is 0. The number of unbranched alkanes of at least 4 members (excludes halogenated alkanes) is 23. The van der Waals surface area contributed by atoms with E-state index in [1.807, 2.05) is 21.1 Å². The Morgan fingerprint density at radius 1 is 0.545 bits per heavy atom. The molecule has 328 valence electrons. The largest absolute Gasteiger partial charge is 1.00 e. The molecular formula is C44H87ClNO8P. The Kier molecular flexibility index (Phi) is 40.7. The number of phosphoric acid groups is 1. The van der Waals surface area contributed by atoms with E-state index < -0.39 is 13.9 Å². The van der Waals surface area contributed by atoms with Gasteiger partial charge in [-0.05, 0) is 45.4 Å². The van der Waals surface area contributed by atoms with Crippen LogP contribution in [0.1, 0.15) is 201 Å². The molecule has 0 radical (unpaired) electrons. The van der Waals surface area contributed by atoms with Crippen molar-refractivity contribution in [2.75, 3.05) is 54.1 Å². The Hall–Kier alpha value is -0.960. The third-order valence-electron chi connectivity index (χ3n) is 9.57. The molecule has 0 aromatic rings. The highest BCUT2D eigenvalue weighted by Gasteiger charge is 2.30. The van der Waals surface area contributed by atoms with Gasteiger partial charge in [0.1, 0.15) is 19.8 Å². The molecule has 55 heavy (non-hydrogen) atoms. The molecule has 0 aliphatic carbocycles. The van der Waals surface area contributed by atoms with Gasteiger partial charge in [0.15, 0.2) is 6.10 Å². The first-order chi connectivity index (χ1) is 26.0. The number of allylic oxidation sites excluding steroid dienone is 2. The van der Waals surface area contributed by atoms with Gasteiger partial charge < -0.3 is 26.4 Å². The highest BCUT2D eigenvalue weighted by molar-refractivity contribution is 7.48. The number of carbonyl (C=O) groups excluding carboxylic acids is 2. The molecule has 0 aliphatic heterocycles. The van der Waals surface area contributed by atoms with E-state index in [9.17, 15) is 14.2 Å². The average molecular weight is 825 g/mol. The fraction of sp³-hybridized carbons (Fsp3) is 0.909. The van der Waals surface area contributed by atoms with Crippen molar-refractivity contribution in [3.05, 3.63) is 12.2 Å². The van der Waals surface area contributed by atoms with Gasteiger partial charge in [0, 0.05) is 12.8 Å². The standard InChI is InChI=1S/C44H87NO8P.ClH/c1-7-10-12-14-16-18-20-22-23-25-27-29-31-33-35-37-44(47)53-42(41-52-54(48,50-9-3)51-39-38-45(4,5)6)40-49-43(46)36-34-32-30-28-26-24-21-19-17-15-13-11-8-2;/h22-23,42H,7-21,24-41H2,1-6H3;1H/q+1;/p-1. The van der Waals surface area contributed by atoms with Gasteiger partial charge in [0.25, 0.3) is 0 Å². The van der Waals surface area contributed by atoms with Crippen molar-refractivity contribution in [1.29, 1.82) is 0 Å². The molecule has 2 atom stereocenters. The number of esters is 2. The monoisotopic (exact) mass is 824 g/mol. The minimum Gasteiger partial charge on any atom is -1.00 e. The van der Waals surface area contributed by atoms with Crippen molar-refractivity contribution in [3.8, 4) is 0 Å². The van der Waals surface area contributed by atoms with Crippen molar-refractivity contribution in [3.63, 3.8) is 0 Å². The number of likely N-dealkylation sites (N-methyl/N-ethyl adjacent to an activating group) is 1. The number of rotatable bonds is 41.